The molecule has 0 aliphatic rings. The van der Waals surface area contributed by atoms with Crippen molar-refractivity contribution in [1.29, 1.82) is 0 Å². The Balaban J connectivity index is 4.48. The van der Waals surface area contributed by atoms with E-state index in [1.54, 1.807) is 0 Å². The van der Waals surface area contributed by atoms with Gasteiger partial charge in [-0.2, -0.15) is 0 Å². The first-order valence-corrected chi connectivity index (χ1v) is 19.4. The summed E-state index contributed by atoms with van der Waals surface area (Å²) in [6, 6.07) is -1.52. The maximum atomic E-state index is 12.5. The van der Waals surface area contributed by atoms with Crippen LogP contribution >= 0.6 is 7.82 Å². The van der Waals surface area contributed by atoms with Gasteiger partial charge >= 0.3 is 25.7 Å². The van der Waals surface area contributed by atoms with Gasteiger partial charge in [0.2, 0.25) is 0 Å². The molecule has 0 heterocycles. The molecule has 47 heavy (non-hydrogen) atoms. The van der Waals surface area contributed by atoms with Crippen LogP contribution in [-0.2, 0) is 37.5 Å². The number of carbonyl (C=O) groups excluding carboxylic acids is 2. The molecule has 0 aromatic carbocycles. The topological polar surface area (TPSA) is 172 Å². The molecule has 0 saturated heterocycles. The number of unbranched alkanes of at least 4 members (excludes halogenated alkanes) is 15. The third-order valence-electron chi connectivity index (χ3n) is 7.45. The lowest BCUT2D eigenvalue weighted by molar-refractivity contribution is -0.161. The predicted molar refractivity (Wildman–Crippen MR) is 185 cm³/mol. The molecule has 0 fully saturated rings. The number of phosphoric acid groups is 1. The van der Waals surface area contributed by atoms with Crippen LogP contribution in [0.4, 0.5) is 0 Å². The number of aliphatic carboxylic acids is 1. The number of hydrogen-bond donors (Lipinski definition) is 3. The van der Waals surface area contributed by atoms with Crippen LogP contribution in [0, 0.1) is 0 Å². The van der Waals surface area contributed by atoms with Gasteiger partial charge in [0.05, 0.1) is 13.2 Å². The van der Waals surface area contributed by atoms with Gasteiger partial charge in [0.25, 0.3) is 0 Å². The van der Waals surface area contributed by atoms with Crippen LogP contribution in [-0.4, -0.2) is 59.9 Å². The van der Waals surface area contributed by atoms with Crippen LogP contribution in [0.1, 0.15) is 149 Å². The number of nitrogens with two attached hydrogens (primary N) is 1. The zero-order valence-electron chi connectivity index (χ0n) is 29.1. The van der Waals surface area contributed by atoms with Gasteiger partial charge in [-0.1, -0.05) is 115 Å². The first-order valence-electron chi connectivity index (χ1n) is 17.9. The van der Waals surface area contributed by atoms with Crippen LogP contribution in [0.15, 0.2) is 24.3 Å². The number of phosphoric ester groups is 1. The van der Waals surface area contributed by atoms with Gasteiger partial charge < -0.3 is 25.2 Å². The van der Waals surface area contributed by atoms with Crippen LogP contribution in [0.5, 0.6) is 0 Å². The van der Waals surface area contributed by atoms with E-state index < -0.39 is 51.1 Å². The largest absolute Gasteiger partial charge is 0.480 e. The van der Waals surface area contributed by atoms with Crippen molar-refractivity contribution in [3.05, 3.63) is 24.3 Å². The first-order chi connectivity index (χ1) is 22.6. The fourth-order valence-corrected chi connectivity index (χ4v) is 5.34. The van der Waals surface area contributed by atoms with Gasteiger partial charge in [-0.15, -0.1) is 0 Å². The van der Waals surface area contributed by atoms with E-state index in [0.29, 0.717) is 12.8 Å². The molecule has 0 aromatic heterocycles. The highest BCUT2D eigenvalue weighted by Gasteiger charge is 2.28. The minimum absolute atomic E-state index is 0.147. The van der Waals surface area contributed by atoms with Gasteiger partial charge in [0.15, 0.2) is 6.10 Å². The molecule has 3 atom stereocenters. The van der Waals surface area contributed by atoms with Crippen molar-refractivity contribution in [2.75, 3.05) is 19.8 Å². The standard InChI is InChI=1S/C35H64NO10P/c1-3-5-7-9-11-13-14-15-16-17-18-19-21-23-25-27-34(38)46-31(29-44-47(41,42)45-30-32(36)35(39)40)28-43-33(37)26-24-22-20-12-10-8-6-4-2/h11,13,15-16,31-32H,3-10,12,14,17-30,36H2,1-2H3,(H,39,40)(H,41,42)/b13-11+,16-15+/t31-,32-/m0/s1. The molecule has 4 N–H and O–H groups in total. The Morgan fingerprint density at radius 1 is 0.660 bits per heavy atom. The smallest absolute Gasteiger partial charge is 0.472 e. The summed E-state index contributed by atoms with van der Waals surface area (Å²) in [4.78, 5) is 45.5. The number of carboxylic acids is 1. The Kier molecular flexibility index (Phi) is 29.9. The molecule has 11 nitrogen and oxygen atoms in total. The predicted octanol–water partition coefficient (Wildman–Crippen LogP) is 8.33. The molecule has 0 aliphatic carbocycles. The molecule has 0 spiro atoms. The van der Waals surface area contributed by atoms with Crippen molar-refractivity contribution < 1.29 is 47.5 Å². The first kappa shape index (κ1) is 45.0. The van der Waals surface area contributed by atoms with Crippen molar-refractivity contribution in [1.82, 2.24) is 0 Å². The number of carbonyl (C=O) groups is 3. The van der Waals surface area contributed by atoms with E-state index in [1.807, 2.05) is 0 Å². The van der Waals surface area contributed by atoms with Gasteiger partial charge in [-0.25, -0.2) is 4.57 Å². The summed E-state index contributed by atoms with van der Waals surface area (Å²) in [6.07, 6.45) is 28.4. The van der Waals surface area contributed by atoms with Crippen molar-refractivity contribution in [2.24, 2.45) is 5.73 Å². The number of carboxylic acid groups (broad SMARTS) is 1. The summed E-state index contributed by atoms with van der Waals surface area (Å²) in [5.41, 5.74) is 5.30. The molecular weight excluding hydrogens is 625 g/mol. The molecule has 0 rings (SSSR count). The van der Waals surface area contributed by atoms with Crippen molar-refractivity contribution in [3.8, 4) is 0 Å². The Bertz CT molecular complexity index is 911. The van der Waals surface area contributed by atoms with Gasteiger partial charge in [-0.3, -0.25) is 23.4 Å². The van der Waals surface area contributed by atoms with Crippen LogP contribution in [0.3, 0.4) is 0 Å². The molecule has 0 aliphatic heterocycles. The number of hydrogen-bond acceptors (Lipinski definition) is 9. The van der Waals surface area contributed by atoms with E-state index in [9.17, 15) is 23.8 Å². The highest BCUT2D eigenvalue weighted by Crippen LogP contribution is 2.43. The highest BCUT2D eigenvalue weighted by molar-refractivity contribution is 7.47. The molecule has 0 saturated carbocycles. The molecule has 274 valence electrons. The lowest BCUT2D eigenvalue weighted by Crippen LogP contribution is -2.34. The monoisotopic (exact) mass is 689 g/mol. The Hall–Kier alpha value is -2.04. The molecule has 12 heteroatoms. The highest BCUT2D eigenvalue weighted by atomic mass is 31.2. The van der Waals surface area contributed by atoms with Crippen molar-refractivity contribution in [3.63, 3.8) is 0 Å². The molecule has 0 amide bonds. The Morgan fingerprint density at radius 3 is 1.70 bits per heavy atom. The summed E-state index contributed by atoms with van der Waals surface area (Å²) < 4.78 is 32.4. The van der Waals surface area contributed by atoms with E-state index in [1.165, 1.54) is 44.9 Å². The number of esters is 2. The van der Waals surface area contributed by atoms with Crippen LogP contribution in [0.2, 0.25) is 0 Å². The number of allylic oxidation sites excluding steroid dienone is 4. The molecular formula is C35H64NO10P. The van der Waals surface area contributed by atoms with Crippen molar-refractivity contribution >= 4 is 25.7 Å². The van der Waals surface area contributed by atoms with Gasteiger partial charge in [-0.05, 0) is 44.9 Å². The number of rotatable bonds is 33. The number of ether oxygens (including phenoxy) is 2. The van der Waals surface area contributed by atoms with E-state index >= 15 is 0 Å². The minimum atomic E-state index is -4.70. The van der Waals surface area contributed by atoms with E-state index in [4.69, 9.17) is 24.8 Å². The maximum Gasteiger partial charge on any atom is 0.472 e. The van der Waals surface area contributed by atoms with E-state index in [-0.39, 0.29) is 19.4 Å². The third kappa shape index (κ3) is 31.0. The summed E-state index contributed by atoms with van der Waals surface area (Å²) in [7, 11) is -4.70. The minimum Gasteiger partial charge on any atom is -0.480 e. The normalized spacial score (nSPS) is 14.3. The quantitative estimate of drug-likeness (QED) is 0.0262. The fourth-order valence-electron chi connectivity index (χ4n) is 4.56. The average Bonchev–Trinajstić information content (AvgIpc) is 3.04. The van der Waals surface area contributed by atoms with Crippen LogP contribution < -0.4 is 5.73 Å². The maximum absolute atomic E-state index is 12.5. The van der Waals surface area contributed by atoms with Crippen LogP contribution in [0.25, 0.3) is 0 Å². The average molecular weight is 690 g/mol. The van der Waals surface area contributed by atoms with Gasteiger partial charge in [0.1, 0.15) is 12.6 Å². The second kappa shape index (κ2) is 31.2. The van der Waals surface area contributed by atoms with E-state index in [0.717, 1.165) is 64.2 Å². The second-order valence-electron chi connectivity index (χ2n) is 12.0. The van der Waals surface area contributed by atoms with Crippen molar-refractivity contribution in [2.45, 2.75) is 161 Å². The SMILES string of the molecule is CCCCC/C=C/C/C=C/CCCCCCCC(=O)O[C@@H](COC(=O)CCCCCCCCCC)COP(=O)(O)OC[C@H](N)C(=O)O. The molecule has 1 unspecified atom stereocenters. The summed E-state index contributed by atoms with van der Waals surface area (Å²) in [5.74, 6) is -2.40. The molecule has 0 aromatic rings. The summed E-state index contributed by atoms with van der Waals surface area (Å²) in [6.45, 7) is 2.69. The van der Waals surface area contributed by atoms with E-state index in [2.05, 4.69) is 42.7 Å². The second-order valence-corrected chi connectivity index (χ2v) is 13.5. The summed E-state index contributed by atoms with van der Waals surface area (Å²) in [5, 5.41) is 8.83. The lowest BCUT2D eigenvalue weighted by Gasteiger charge is -2.20. The molecule has 0 radical (unpaired) electrons. The zero-order chi connectivity index (χ0) is 35.0. The Labute approximate surface area is 283 Å². The third-order valence-corrected chi connectivity index (χ3v) is 8.40. The Morgan fingerprint density at radius 2 is 1.13 bits per heavy atom. The van der Waals surface area contributed by atoms with Gasteiger partial charge in [0, 0.05) is 12.8 Å². The molecule has 0 bridgehead atoms. The fraction of sp³-hybridized carbons (Fsp3) is 0.800. The zero-order valence-corrected chi connectivity index (χ0v) is 30.0. The summed E-state index contributed by atoms with van der Waals surface area (Å²) >= 11 is 0. The lowest BCUT2D eigenvalue weighted by atomic mass is 10.1.